The summed E-state index contributed by atoms with van der Waals surface area (Å²) in [6.45, 7) is 8.36. The number of aryl methyl sites for hydroxylation is 1. The number of hydrogen-bond acceptors (Lipinski definition) is 2. The summed E-state index contributed by atoms with van der Waals surface area (Å²) < 4.78 is 0. The van der Waals surface area contributed by atoms with Crippen LogP contribution in [0.15, 0.2) is 29.5 Å². The Bertz CT molecular complexity index is 385. The van der Waals surface area contributed by atoms with E-state index in [1.54, 1.807) is 11.9 Å². The van der Waals surface area contributed by atoms with Crippen molar-refractivity contribution in [1.29, 1.82) is 0 Å². The van der Waals surface area contributed by atoms with Crippen molar-refractivity contribution in [3.63, 3.8) is 0 Å². The van der Waals surface area contributed by atoms with Crippen LogP contribution in [0.3, 0.4) is 0 Å². The van der Waals surface area contributed by atoms with E-state index in [4.69, 9.17) is 0 Å². The first kappa shape index (κ1) is 14.5. The second kappa shape index (κ2) is 6.99. The Morgan fingerprint density at radius 1 is 1.22 bits per heavy atom. The van der Waals surface area contributed by atoms with Gasteiger partial charge >= 0.3 is 0 Å². The van der Waals surface area contributed by atoms with Crippen LogP contribution >= 0.6 is 0 Å². The van der Waals surface area contributed by atoms with Gasteiger partial charge in [0.25, 0.3) is 0 Å². The van der Waals surface area contributed by atoms with Crippen molar-refractivity contribution in [2.75, 3.05) is 11.6 Å². The second-order valence-corrected chi connectivity index (χ2v) is 4.61. The largest absolute Gasteiger partial charge is 0.696 e. The molecule has 0 aliphatic rings. The molecule has 1 aromatic carbocycles. The molecule has 0 amide bonds. The number of anilines is 1. The maximum absolute atomic E-state index is 11.4. The van der Waals surface area contributed by atoms with Crippen LogP contribution in [0, 0.1) is 5.21 Å². The quantitative estimate of drug-likeness (QED) is 0.437. The Labute approximate surface area is 109 Å². The van der Waals surface area contributed by atoms with Crippen molar-refractivity contribution < 1.29 is 4.86 Å². The molecular weight excluding hydrogens is 226 g/mol. The monoisotopic (exact) mass is 249 g/mol. The summed E-state index contributed by atoms with van der Waals surface area (Å²) in [5.41, 5.74) is 2.28. The molecule has 0 N–H and O–H groups in total. The van der Waals surface area contributed by atoms with Crippen LogP contribution in [0.4, 0.5) is 5.69 Å². The highest BCUT2D eigenvalue weighted by Crippen LogP contribution is 2.19. The molecule has 0 bridgehead atoms. The van der Waals surface area contributed by atoms with Gasteiger partial charge in [0.05, 0.1) is 5.22 Å². The third-order valence-electron chi connectivity index (χ3n) is 2.70. The van der Waals surface area contributed by atoms with E-state index in [2.05, 4.69) is 24.3 Å². The lowest BCUT2D eigenvalue weighted by Gasteiger charge is -2.17. The fraction of sp³-hybridized carbons (Fsp3) is 0.571. The predicted molar refractivity (Wildman–Crippen MR) is 74.6 cm³/mol. The summed E-state index contributed by atoms with van der Waals surface area (Å²) in [6.07, 6.45) is 2.23. The fourth-order valence-electron chi connectivity index (χ4n) is 1.73. The first-order chi connectivity index (χ1) is 8.58. The predicted octanol–water partition coefficient (Wildman–Crippen LogP) is 3.75. The van der Waals surface area contributed by atoms with Gasteiger partial charge in [0.1, 0.15) is 18.3 Å². The molecular formula is C14H23N3O. The van der Waals surface area contributed by atoms with Gasteiger partial charge in [-0.25, -0.2) is 0 Å². The van der Waals surface area contributed by atoms with Gasteiger partial charge in [0.15, 0.2) is 0 Å². The van der Waals surface area contributed by atoms with Crippen LogP contribution in [0.1, 0.15) is 39.7 Å². The summed E-state index contributed by atoms with van der Waals surface area (Å²) in [6, 6.07) is 8.41. The van der Waals surface area contributed by atoms with Gasteiger partial charge < -0.3 is 5.21 Å². The standard InChI is InChI=1S/C14H23N3O/c1-5-7-13-8-10-14(11-9-13)17(12(3)4)15-16(18)6-2/h8-12H,5-7H2,1-4H3. The molecule has 1 aromatic rings. The van der Waals surface area contributed by atoms with Gasteiger partial charge in [-0.1, -0.05) is 25.5 Å². The van der Waals surface area contributed by atoms with Crippen molar-refractivity contribution in [3.05, 3.63) is 35.0 Å². The maximum atomic E-state index is 11.4. The summed E-state index contributed by atoms with van der Waals surface area (Å²) in [5, 5.41) is 17.2. The maximum Gasteiger partial charge on any atom is 0.149 e. The highest BCUT2D eigenvalue weighted by atomic mass is 16.5. The molecule has 100 valence electrons. The van der Waals surface area contributed by atoms with E-state index in [0.717, 1.165) is 18.5 Å². The third-order valence-corrected chi connectivity index (χ3v) is 2.70. The SMILES string of the molecule is CCCc1ccc(N(N=[N+]([O-])CC)C(C)C)cc1. The lowest BCUT2D eigenvalue weighted by Crippen LogP contribution is -2.27. The van der Waals surface area contributed by atoms with Crippen LogP contribution in [0.25, 0.3) is 0 Å². The van der Waals surface area contributed by atoms with Gasteiger partial charge in [-0.05, 0) is 44.9 Å². The van der Waals surface area contributed by atoms with Crippen LogP contribution in [-0.2, 0) is 6.42 Å². The lowest BCUT2D eigenvalue weighted by atomic mass is 10.1. The average molecular weight is 249 g/mol. The molecule has 0 saturated carbocycles. The van der Waals surface area contributed by atoms with Gasteiger partial charge in [0.2, 0.25) is 0 Å². The molecule has 4 nitrogen and oxygen atoms in total. The van der Waals surface area contributed by atoms with E-state index in [-0.39, 0.29) is 6.04 Å². The summed E-state index contributed by atoms with van der Waals surface area (Å²) in [4.78, 5) is 0.708. The van der Waals surface area contributed by atoms with Crippen molar-refractivity contribution in [3.8, 4) is 0 Å². The number of hydrogen-bond donors (Lipinski definition) is 0. The molecule has 0 aliphatic carbocycles. The zero-order chi connectivity index (χ0) is 13.5. The van der Waals surface area contributed by atoms with E-state index in [1.807, 2.05) is 26.0 Å². The minimum absolute atomic E-state index is 0.157. The van der Waals surface area contributed by atoms with Crippen molar-refractivity contribution >= 4 is 5.69 Å². The fourth-order valence-corrected chi connectivity index (χ4v) is 1.73. The minimum atomic E-state index is 0.157. The summed E-state index contributed by atoms with van der Waals surface area (Å²) in [7, 11) is 0. The summed E-state index contributed by atoms with van der Waals surface area (Å²) >= 11 is 0. The minimum Gasteiger partial charge on any atom is -0.696 e. The number of nitrogens with zero attached hydrogens (tertiary/aromatic N) is 3. The van der Waals surface area contributed by atoms with Gasteiger partial charge in [-0.2, -0.15) is 4.86 Å². The Morgan fingerprint density at radius 3 is 2.28 bits per heavy atom. The normalized spacial score (nSPS) is 11.9. The van der Waals surface area contributed by atoms with Crippen molar-refractivity contribution in [1.82, 2.24) is 0 Å². The van der Waals surface area contributed by atoms with Crippen LogP contribution in [0.2, 0.25) is 0 Å². The molecule has 4 heteroatoms. The van der Waals surface area contributed by atoms with Crippen molar-refractivity contribution in [2.45, 2.75) is 46.6 Å². The van der Waals surface area contributed by atoms with Gasteiger partial charge in [-0.3, -0.25) is 0 Å². The number of hydroxylamine groups is 1. The van der Waals surface area contributed by atoms with Crippen LogP contribution < -0.4 is 5.01 Å². The average Bonchev–Trinajstić information content (AvgIpc) is 2.37. The Kier molecular flexibility index (Phi) is 5.62. The third kappa shape index (κ3) is 4.02. The zero-order valence-electron chi connectivity index (χ0n) is 11.8. The van der Waals surface area contributed by atoms with Crippen molar-refractivity contribution in [2.24, 2.45) is 5.22 Å². The molecule has 0 spiro atoms. The first-order valence-electron chi connectivity index (χ1n) is 6.62. The zero-order valence-corrected chi connectivity index (χ0v) is 11.8. The molecule has 0 aromatic heterocycles. The molecule has 0 unspecified atom stereocenters. The van der Waals surface area contributed by atoms with E-state index in [9.17, 15) is 5.21 Å². The van der Waals surface area contributed by atoms with Crippen LogP contribution in [-0.4, -0.2) is 17.4 Å². The number of benzene rings is 1. The van der Waals surface area contributed by atoms with Gasteiger partial charge in [-0.15, -0.1) is 5.01 Å². The summed E-state index contributed by atoms with van der Waals surface area (Å²) in [5.74, 6) is 0. The van der Waals surface area contributed by atoms with E-state index >= 15 is 0 Å². The topological polar surface area (TPSA) is 41.7 Å². The molecule has 0 heterocycles. The molecule has 0 atom stereocenters. The second-order valence-electron chi connectivity index (χ2n) is 4.61. The molecule has 1 rings (SSSR count). The smallest absolute Gasteiger partial charge is 0.149 e. The van der Waals surface area contributed by atoms with E-state index < -0.39 is 0 Å². The van der Waals surface area contributed by atoms with Gasteiger partial charge in [0, 0.05) is 0 Å². The molecule has 0 radical (unpaired) electrons. The highest BCUT2D eigenvalue weighted by Gasteiger charge is 2.17. The Balaban J connectivity index is 2.92. The molecule has 0 saturated heterocycles. The van der Waals surface area contributed by atoms with E-state index in [0.29, 0.717) is 11.4 Å². The lowest BCUT2D eigenvalue weighted by molar-refractivity contribution is -0.528. The number of rotatable bonds is 6. The molecule has 0 aliphatic heterocycles. The Hall–Kier alpha value is -1.58. The first-order valence-corrected chi connectivity index (χ1v) is 6.62. The van der Waals surface area contributed by atoms with E-state index in [1.165, 1.54) is 5.56 Å². The van der Waals surface area contributed by atoms with Crippen LogP contribution in [0.5, 0.6) is 0 Å². The molecule has 18 heavy (non-hydrogen) atoms. The Morgan fingerprint density at radius 2 is 1.83 bits per heavy atom. The molecule has 0 fully saturated rings. The highest BCUT2D eigenvalue weighted by molar-refractivity contribution is 5.47.